The van der Waals surface area contributed by atoms with Gasteiger partial charge in [-0.05, 0) is 12.1 Å². The van der Waals surface area contributed by atoms with Crippen LogP contribution in [0.5, 0.6) is 0 Å². The van der Waals surface area contributed by atoms with Gasteiger partial charge in [-0.3, -0.25) is 4.79 Å². The fourth-order valence-corrected chi connectivity index (χ4v) is 2.00. The molecule has 1 aromatic rings. The number of carbonyl (C=O) groups is 2. The zero-order valence-electron chi connectivity index (χ0n) is 10.5. The molecule has 19 heavy (non-hydrogen) atoms. The molecule has 0 aromatic carbocycles. The Morgan fingerprint density at radius 2 is 1.84 bits per heavy atom. The van der Waals surface area contributed by atoms with E-state index >= 15 is 0 Å². The number of anilines is 1. The van der Waals surface area contributed by atoms with Gasteiger partial charge in [-0.1, -0.05) is 17.7 Å². The van der Waals surface area contributed by atoms with Gasteiger partial charge in [0.1, 0.15) is 16.9 Å². The standard InChI is InChI=1S/C11H12ClN3O3.Na/c12-8-2-1-3-9(13-8)14-4-6-15(7-5-14)10(16)11(17)18;/h1-3H,4-7H2,(H,17,18);/q;+1/p-1. The Labute approximate surface area is 137 Å². The molecule has 0 N–H and O–H groups in total. The van der Waals surface area contributed by atoms with Gasteiger partial charge in [0.05, 0.1) is 0 Å². The van der Waals surface area contributed by atoms with E-state index in [1.807, 2.05) is 11.0 Å². The number of carbonyl (C=O) groups excluding carboxylic acids is 2. The van der Waals surface area contributed by atoms with Crippen molar-refractivity contribution in [2.24, 2.45) is 0 Å². The van der Waals surface area contributed by atoms with Gasteiger partial charge in [-0.15, -0.1) is 0 Å². The molecule has 0 spiro atoms. The van der Waals surface area contributed by atoms with Crippen molar-refractivity contribution in [1.82, 2.24) is 9.88 Å². The first-order chi connectivity index (χ1) is 8.58. The van der Waals surface area contributed by atoms with E-state index in [0.29, 0.717) is 31.3 Å². The van der Waals surface area contributed by atoms with Crippen LogP contribution in [0, 0.1) is 0 Å². The summed E-state index contributed by atoms with van der Waals surface area (Å²) < 4.78 is 0. The molecule has 2 rings (SSSR count). The van der Waals surface area contributed by atoms with E-state index in [-0.39, 0.29) is 29.6 Å². The van der Waals surface area contributed by atoms with Crippen LogP contribution in [-0.4, -0.2) is 47.9 Å². The zero-order chi connectivity index (χ0) is 13.1. The van der Waals surface area contributed by atoms with Crippen LogP contribution in [0.25, 0.3) is 0 Å². The molecular weight excluding hydrogens is 281 g/mol. The number of piperazine rings is 1. The molecule has 1 aliphatic heterocycles. The van der Waals surface area contributed by atoms with Gasteiger partial charge < -0.3 is 19.7 Å². The smallest absolute Gasteiger partial charge is 0.540 e. The minimum absolute atomic E-state index is 0. The van der Waals surface area contributed by atoms with Crippen molar-refractivity contribution < 1.29 is 44.3 Å². The first kappa shape index (κ1) is 16.2. The maximum absolute atomic E-state index is 11.2. The normalized spacial score (nSPS) is 14.8. The van der Waals surface area contributed by atoms with Crippen LogP contribution in [0.15, 0.2) is 18.2 Å². The molecule has 96 valence electrons. The summed E-state index contributed by atoms with van der Waals surface area (Å²) in [5, 5.41) is 10.9. The van der Waals surface area contributed by atoms with Crippen LogP contribution < -0.4 is 39.6 Å². The second-order valence-electron chi connectivity index (χ2n) is 3.89. The number of pyridine rings is 1. The number of aromatic nitrogens is 1. The van der Waals surface area contributed by atoms with Crippen LogP contribution >= 0.6 is 11.6 Å². The molecule has 1 saturated heterocycles. The van der Waals surface area contributed by atoms with E-state index < -0.39 is 11.9 Å². The predicted octanol–water partition coefficient (Wildman–Crippen LogP) is -3.86. The molecule has 0 unspecified atom stereocenters. The van der Waals surface area contributed by atoms with Crippen LogP contribution in [-0.2, 0) is 9.59 Å². The van der Waals surface area contributed by atoms with Crippen molar-refractivity contribution in [2.75, 3.05) is 31.1 Å². The number of rotatable bonds is 1. The van der Waals surface area contributed by atoms with Gasteiger partial charge in [0.25, 0.3) is 5.91 Å². The molecule has 0 radical (unpaired) electrons. The third-order valence-corrected chi connectivity index (χ3v) is 2.98. The first-order valence-electron chi connectivity index (χ1n) is 5.45. The minimum atomic E-state index is -1.66. The zero-order valence-corrected chi connectivity index (χ0v) is 13.3. The van der Waals surface area contributed by atoms with Crippen molar-refractivity contribution in [3.8, 4) is 0 Å². The van der Waals surface area contributed by atoms with Gasteiger partial charge in [0.15, 0.2) is 0 Å². The largest absolute Gasteiger partial charge is 1.00 e. The summed E-state index contributed by atoms with van der Waals surface area (Å²) in [7, 11) is 0. The predicted molar refractivity (Wildman–Crippen MR) is 63.0 cm³/mol. The Bertz CT molecular complexity index is 478. The second kappa shape index (κ2) is 7.09. The number of hydrogen-bond donors (Lipinski definition) is 0. The molecular formula is C11H11ClN3NaO3. The minimum Gasteiger partial charge on any atom is -0.540 e. The number of aliphatic carboxylic acids is 1. The summed E-state index contributed by atoms with van der Waals surface area (Å²) in [5.74, 6) is -1.90. The van der Waals surface area contributed by atoms with Gasteiger partial charge in [-0.25, -0.2) is 4.98 Å². The van der Waals surface area contributed by atoms with Crippen LogP contribution in [0.1, 0.15) is 0 Å². The molecule has 2 heterocycles. The molecule has 1 fully saturated rings. The van der Waals surface area contributed by atoms with Crippen molar-refractivity contribution in [3.63, 3.8) is 0 Å². The van der Waals surface area contributed by atoms with Gasteiger partial charge in [0, 0.05) is 26.2 Å². The molecule has 0 atom stereocenters. The average Bonchev–Trinajstić information content (AvgIpc) is 2.38. The van der Waals surface area contributed by atoms with Crippen LogP contribution in [0.3, 0.4) is 0 Å². The van der Waals surface area contributed by atoms with Crippen molar-refractivity contribution in [3.05, 3.63) is 23.4 Å². The number of carboxylic acids is 1. The topological polar surface area (TPSA) is 76.6 Å². The molecule has 1 amide bonds. The summed E-state index contributed by atoms with van der Waals surface area (Å²) >= 11 is 5.80. The maximum Gasteiger partial charge on any atom is 1.00 e. The van der Waals surface area contributed by atoms with E-state index in [2.05, 4.69) is 4.98 Å². The monoisotopic (exact) mass is 291 g/mol. The quantitative estimate of drug-likeness (QED) is 0.301. The van der Waals surface area contributed by atoms with Crippen molar-refractivity contribution >= 4 is 29.3 Å². The van der Waals surface area contributed by atoms with Crippen LogP contribution in [0.4, 0.5) is 5.82 Å². The maximum atomic E-state index is 11.2. The van der Waals surface area contributed by atoms with E-state index in [1.54, 1.807) is 12.1 Å². The summed E-state index contributed by atoms with van der Waals surface area (Å²) in [4.78, 5) is 29.0. The Morgan fingerprint density at radius 3 is 2.37 bits per heavy atom. The molecule has 1 aliphatic rings. The van der Waals surface area contributed by atoms with E-state index in [9.17, 15) is 14.7 Å². The van der Waals surface area contributed by atoms with E-state index in [1.165, 1.54) is 4.90 Å². The molecule has 8 heteroatoms. The summed E-state index contributed by atoms with van der Waals surface area (Å²) in [6.07, 6.45) is 0. The molecule has 0 bridgehead atoms. The van der Waals surface area contributed by atoms with Gasteiger partial charge >= 0.3 is 29.6 Å². The number of nitrogens with zero attached hydrogens (tertiary/aromatic N) is 3. The Kier molecular flexibility index (Phi) is 6.06. The Morgan fingerprint density at radius 1 is 1.21 bits per heavy atom. The summed E-state index contributed by atoms with van der Waals surface area (Å²) in [6, 6.07) is 5.30. The molecule has 1 aromatic heterocycles. The summed E-state index contributed by atoms with van der Waals surface area (Å²) in [5.41, 5.74) is 0. The molecule has 0 saturated carbocycles. The first-order valence-corrected chi connectivity index (χ1v) is 5.83. The number of carboxylic acid groups (broad SMARTS) is 1. The third kappa shape index (κ3) is 4.07. The second-order valence-corrected chi connectivity index (χ2v) is 4.27. The SMILES string of the molecule is O=C([O-])C(=O)N1CCN(c2cccc(Cl)n2)CC1.[Na+]. The number of halogens is 1. The number of hydrogen-bond acceptors (Lipinski definition) is 5. The van der Waals surface area contributed by atoms with Gasteiger partial charge in [0.2, 0.25) is 0 Å². The fraction of sp³-hybridized carbons (Fsp3) is 0.364. The third-order valence-electron chi connectivity index (χ3n) is 2.77. The van der Waals surface area contributed by atoms with Crippen molar-refractivity contribution in [2.45, 2.75) is 0 Å². The average molecular weight is 292 g/mol. The Balaban J connectivity index is 0.00000180. The molecule has 0 aliphatic carbocycles. The van der Waals surface area contributed by atoms with Crippen LogP contribution in [0.2, 0.25) is 5.15 Å². The fourth-order valence-electron chi connectivity index (χ4n) is 1.84. The van der Waals surface area contributed by atoms with E-state index in [0.717, 1.165) is 5.82 Å². The number of amides is 1. The Hall–Kier alpha value is -0.820. The van der Waals surface area contributed by atoms with E-state index in [4.69, 9.17) is 11.6 Å². The summed E-state index contributed by atoms with van der Waals surface area (Å²) in [6.45, 7) is 1.71. The van der Waals surface area contributed by atoms with Crippen molar-refractivity contribution in [1.29, 1.82) is 0 Å². The molecule has 6 nitrogen and oxygen atoms in total. The van der Waals surface area contributed by atoms with Gasteiger partial charge in [-0.2, -0.15) is 0 Å².